The molecule has 0 aliphatic heterocycles. The zero-order chi connectivity index (χ0) is 20.8. The maximum Gasteiger partial charge on any atom is 0.330 e. The van der Waals surface area contributed by atoms with Gasteiger partial charge in [-0.1, -0.05) is 34.6 Å². The Hall–Kier alpha value is -1.90. The Morgan fingerprint density at radius 2 is 1.80 bits per heavy atom. The number of hydrogen-bond donors (Lipinski definition) is 3. The van der Waals surface area contributed by atoms with Gasteiger partial charge in [0.25, 0.3) is 11.5 Å². The zero-order valence-electron chi connectivity index (χ0n) is 18.2. The van der Waals surface area contributed by atoms with Crippen molar-refractivity contribution in [1.29, 1.82) is 0 Å². The van der Waals surface area contributed by atoms with Gasteiger partial charge in [-0.2, -0.15) is 0 Å². The first-order valence-electron chi connectivity index (χ1n) is 9.92. The van der Waals surface area contributed by atoms with Gasteiger partial charge in [0.15, 0.2) is 5.65 Å². The Labute approximate surface area is 189 Å². The van der Waals surface area contributed by atoms with E-state index in [0.717, 1.165) is 13.0 Å². The monoisotopic (exact) mass is 461 g/mol. The molecule has 30 heavy (non-hydrogen) atoms. The van der Waals surface area contributed by atoms with Crippen molar-refractivity contribution in [1.82, 2.24) is 25.2 Å². The molecule has 3 N–H and O–H groups in total. The number of aromatic nitrogens is 3. The highest BCUT2D eigenvalue weighted by Crippen LogP contribution is 2.20. The Balaban J connectivity index is 0.00000420. The Morgan fingerprint density at radius 3 is 2.37 bits per heavy atom. The van der Waals surface area contributed by atoms with Gasteiger partial charge in [0, 0.05) is 25.3 Å². The fraction of sp³-hybridized carbons (Fsp3) is 0.600. The first-order chi connectivity index (χ1) is 13.3. The summed E-state index contributed by atoms with van der Waals surface area (Å²) < 4.78 is 1.45. The van der Waals surface area contributed by atoms with E-state index >= 15 is 0 Å². The van der Waals surface area contributed by atoms with E-state index in [-0.39, 0.29) is 59.2 Å². The maximum absolute atomic E-state index is 12.8. The van der Waals surface area contributed by atoms with Crippen molar-refractivity contribution < 1.29 is 4.79 Å². The molecule has 2 rings (SSSR count). The van der Waals surface area contributed by atoms with Crippen LogP contribution in [0.5, 0.6) is 0 Å². The minimum atomic E-state index is -0.586. The van der Waals surface area contributed by atoms with Gasteiger partial charge in [0.1, 0.15) is 0 Å². The highest BCUT2D eigenvalue weighted by atomic mass is 35.5. The van der Waals surface area contributed by atoms with Crippen molar-refractivity contribution in [3.05, 3.63) is 38.2 Å². The van der Waals surface area contributed by atoms with Gasteiger partial charge in [-0.05, 0) is 30.9 Å². The number of fused-ring (bicyclic) bond motifs is 1. The topological polar surface area (TPSA) is 109 Å². The number of aromatic amines is 1. The van der Waals surface area contributed by atoms with Gasteiger partial charge >= 0.3 is 5.69 Å². The quantitative estimate of drug-likeness (QED) is 0.496. The van der Waals surface area contributed by atoms with E-state index in [1.54, 1.807) is 6.07 Å². The molecule has 0 radical (unpaired) electrons. The van der Waals surface area contributed by atoms with Gasteiger partial charge in [0.2, 0.25) is 0 Å². The summed E-state index contributed by atoms with van der Waals surface area (Å²) >= 11 is 0. The van der Waals surface area contributed by atoms with Crippen LogP contribution in [0.15, 0.2) is 15.7 Å². The van der Waals surface area contributed by atoms with Gasteiger partial charge in [-0.15, -0.1) is 24.8 Å². The lowest BCUT2D eigenvalue weighted by Gasteiger charge is -2.16. The van der Waals surface area contributed by atoms with Crippen molar-refractivity contribution in [2.75, 3.05) is 19.6 Å². The van der Waals surface area contributed by atoms with Crippen LogP contribution in [0.2, 0.25) is 0 Å². The van der Waals surface area contributed by atoms with E-state index in [2.05, 4.69) is 27.5 Å². The van der Waals surface area contributed by atoms with Crippen molar-refractivity contribution >= 4 is 41.8 Å². The summed E-state index contributed by atoms with van der Waals surface area (Å²) in [5.74, 6) is -0.116. The second-order valence-corrected chi connectivity index (χ2v) is 7.72. The number of hydrogen-bond acceptors (Lipinski definition) is 5. The molecule has 0 saturated heterocycles. The fourth-order valence-electron chi connectivity index (χ4n) is 2.96. The summed E-state index contributed by atoms with van der Waals surface area (Å²) in [7, 11) is 0. The minimum Gasteiger partial charge on any atom is -0.351 e. The summed E-state index contributed by atoms with van der Waals surface area (Å²) in [6, 6.07) is 1.65. The lowest BCUT2D eigenvalue weighted by molar-refractivity contribution is 0.0955. The molecule has 0 aliphatic carbocycles. The maximum atomic E-state index is 12.8. The first kappa shape index (κ1) is 28.1. The SMILES string of the molecule is CCCNCCNC(=O)c1cc(C(C)C)nc2c1c(=O)[nH]c(=O)n2CC(C)C.Cl.Cl. The molecular weight excluding hydrogens is 429 g/mol. The van der Waals surface area contributed by atoms with E-state index in [4.69, 9.17) is 0 Å². The summed E-state index contributed by atoms with van der Waals surface area (Å²) in [4.78, 5) is 44.7. The number of nitrogens with zero attached hydrogens (tertiary/aromatic N) is 2. The third-order valence-electron chi connectivity index (χ3n) is 4.37. The lowest BCUT2D eigenvalue weighted by atomic mass is 10.0. The number of amides is 1. The van der Waals surface area contributed by atoms with Crippen molar-refractivity contribution in [2.45, 2.75) is 53.5 Å². The molecule has 2 aromatic rings. The molecule has 10 heteroatoms. The van der Waals surface area contributed by atoms with Crippen molar-refractivity contribution in [3.8, 4) is 0 Å². The molecule has 0 aromatic carbocycles. The van der Waals surface area contributed by atoms with Gasteiger partial charge in [-0.25, -0.2) is 9.78 Å². The molecule has 2 aromatic heterocycles. The molecule has 0 saturated carbocycles. The normalized spacial score (nSPS) is 10.8. The molecule has 0 atom stereocenters. The van der Waals surface area contributed by atoms with Crippen molar-refractivity contribution in [3.63, 3.8) is 0 Å². The molecule has 0 unspecified atom stereocenters. The zero-order valence-corrected chi connectivity index (χ0v) is 19.8. The van der Waals surface area contributed by atoms with Gasteiger partial charge < -0.3 is 10.6 Å². The van der Waals surface area contributed by atoms with Gasteiger partial charge in [-0.3, -0.25) is 19.1 Å². The molecule has 0 aliphatic rings. The van der Waals surface area contributed by atoms with E-state index in [1.807, 2.05) is 27.7 Å². The van der Waals surface area contributed by atoms with Crippen LogP contribution in [0.1, 0.15) is 63.0 Å². The molecule has 1 amide bonds. The van der Waals surface area contributed by atoms with Crippen LogP contribution in [-0.2, 0) is 6.54 Å². The molecule has 0 spiro atoms. The fourth-order valence-corrected chi connectivity index (χ4v) is 2.96. The van der Waals surface area contributed by atoms with Crippen molar-refractivity contribution in [2.24, 2.45) is 5.92 Å². The average molecular weight is 462 g/mol. The Bertz CT molecular complexity index is 954. The van der Waals surface area contributed by atoms with Crippen LogP contribution in [0.25, 0.3) is 11.0 Å². The smallest absolute Gasteiger partial charge is 0.330 e. The molecule has 2 heterocycles. The average Bonchev–Trinajstić information content (AvgIpc) is 2.63. The number of halogens is 2. The van der Waals surface area contributed by atoms with E-state index < -0.39 is 11.2 Å². The van der Waals surface area contributed by atoms with E-state index in [9.17, 15) is 14.4 Å². The number of nitrogens with one attached hydrogen (secondary N) is 3. The van der Waals surface area contributed by atoms with E-state index in [1.165, 1.54) is 4.57 Å². The second kappa shape index (κ2) is 12.7. The Morgan fingerprint density at radius 1 is 1.13 bits per heavy atom. The van der Waals surface area contributed by atoms with E-state index in [0.29, 0.717) is 25.3 Å². The minimum absolute atomic E-state index is 0. The summed E-state index contributed by atoms with van der Waals surface area (Å²) in [5, 5.41) is 6.22. The molecule has 8 nitrogen and oxygen atoms in total. The van der Waals surface area contributed by atoms with Crippen LogP contribution in [-0.4, -0.2) is 40.1 Å². The standard InChI is InChI=1S/C20H31N5O3.2ClH/c1-6-7-21-8-9-22-18(26)14-10-15(13(4)5)23-17-16(14)19(27)24-20(28)25(17)11-12(2)3;;/h10,12-13,21H,6-9,11H2,1-5H3,(H,22,26)(H,24,27,28);2*1H. The van der Waals surface area contributed by atoms with Crippen LogP contribution >= 0.6 is 24.8 Å². The summed E-state index contributed by atoms with van der Waals surface area (Å²) in [6.45, 7) is 12.3. The van der Waals surface area contributed by atoms with Crippen LogP contribution in [0.4, 0.5) is 0 Å². The summed E-state index contributed by atoms with van der Waals surface area (Å²) in [6.07, 6.45) is 1.02. The number of carbonyl (C=O) groups excluding carboxylic acids is 1. The van der Waals surface area contributed by atoms with Crippen LogP contribution in [0.3, 0.4) is 0 Å². The molecule has 0 bridgehead atoms. The highest BCUT2D eigenvalue weighted by Gasteiger charge is 2.20. The third kappa shape index (κ3) is 6.82. The number of pyridine rings is 1. The second-order valence-electron chi connectivity index (χ2n) is 7.72. The Kier molecular flexibility index (Phi) is 11.9. The highest BCUT2D eigenvalue weighted by molar-refractivity contribution is 6.05. The predicted octanol–water partition coefficient (Wildman–Crippen LogP) is 2.44. The van der Waals surface area contributed by atoms with Gasteiger partial charge in [0.05, 0.1) is 10.9 Å². The molecular formula is C20H33Cl2N5O3. The number of carbonyl (C=O) groups is 1. The first-order valence-corrected chi connectivity index (χ1v) is 9.92. The summed E-state index contributed by atoms with van der Waals surface area (Å²) in [5.41, 5.74) is 0.0990. The molecule has 170 valence electrons. The number of rotatable bonds is 9. The van der Waals surface area contributed by atoms with Crippen LogP contribution < -0.4 is 21.9 Å². The third-order valence-corrected chi connectivity index (χ3v) is 4.37. The largest absolute Gasteiger partial charge is 0.351 e. The lowest BCUT2D eigenvalue weighted by Crippen LogP contribution is -2.36. The predicted molar refractivity (Wildman–Crippen MR) is 126 cm³/mol. The number of H-pyrrole nitrogens is 1. The molecule has 0 fully saturated rings. The van der Waals surface area contributed by atoms with Crippen LogP contribution in [0, 0.1) is 5.92 Å².